The van der Waals surface area contributed by atoms with E-state index >= 15 is 0 Å². The quantitative estimate of drug-likeness (QED) is 0.0195. The number of rotatable bonds is 68. The summed E-state index contributed by atoms with van der Waals surface area (Å²) in [7, 11) is 5.94. The van der Waals surface area contributed by atoms with E-state index in [1.54, 1.807) is 0 Å². The molecule has 2 unspecified atom stereocenters. The summed E-state index contributed by atoms with van der Waals surface area (Å²) >= 11 is 0. The van der Waals surface area contributed by atoms with Crippen LogP contribution in [0.5, 0.6) is 0 Å². The molecule has 0 aliphatic rings. The first kappa shape index (κ1) is 81.2. The number of quaternary nitrogens is 1. The molecule has 2 atom stereocenters. The lowest BCUT2D eigenvalue weighted by Gasteiger charge is -2.26. The lowest BCUT2D eigenvalue weighted by Crippen LogP contribution is -2.44. The number of unbranched alkanes of at least 4 members (excludes halogenated alkanes) is 45. The lowest BCUT2D eigenvalue weighted by molar-refractivity contribution is -0.870. The number of allylic oxidation sites excluding steroid dienone is 8. The van der Waals surface area contributed by atoms with Gasteiger partial charge in [0, 0.05) is 12.8 Å². The smallest absolute Gasteiger partial charge is 0.306 e. The maximum atomic E-state index is 12.9. The Labute approximate surface area is 521 Å². The molecule has 0 aromatic heterocycles. The summed E-state index contributed by atoms with van der Waals surface area (Å²) in [5.41, 5.74) is 0. The third-order valence-electron chi connectivity index (χ3n) is 16.3. The predicted molar refractivity (Wildman–Crippen MR) is 357 cm³/mol. The van der Waals surface area contributed by atoms with Gasteiger partial charge in [0.2, 0.25) is 0 Å². The van der Waals surface area contributed by atoms with E-state index in [2.05, 4.69) is 62.5 Å². The zero-order valence-electron chi connectivity index (χ0n) is 56.3. The van der Waals surface area contributed by atoms with E-state index in [1.165, 1.54) is 263 Å². The van der Waals surface area contributed by atoms with Gasteiger partial charge in [-0.3, -0.25) is 9.59 Å². The summed E-state index contributed by atoms with van der Waals surface area (Å²) in [5, 5.41) is 11.8. The Morgan fingerprint density at radius 2 is 0.679 bits per heavy atom. The van der Waals surface area contributed by atoms with Gasteiger partial charge in [0.25, 0.3) is 0 Å². The normalized spacial score (nSPS) is 12.9. The molecule has 0 saturated heterocycles. The van der Waals surface area contributed by atoms with Gasteiger partial charge < -0.3 is 33.3 Å². The molecule has 9 heteroatoms. The van der Waals surface area contributed by atoms with E-state index in [0.717, 1.165) is 64.2 Å². The van der Waals surface area contributed by atoms with Crippen LogP contribution in [0, 0.1) is 0 Å². The zero-order valence-corrected chi connectivity index (χ0v) is 56.3. The maximum absolute atomic E-state index is 12.9. The molecule has 0 saturated carbocycles. The number of hydrogen-bond acceptors (Lipinski definition) is 8. The van der Waals surface area contributed by atoms with Crippen molar-refractivity contribution in [1.82, 2.24) is 0 Å². The van der Waals surface area contributed by atoms with E-state index in [1.807, 2.05) is 21.1 Å². The van der Waals surface area contributed by atoms with E-state index < -0.39 is 24.3 Å². The first-order chi connectivity index (χ1) is 41.1. The summed E-state index contributed by atoms with van der Waals surface area (Å²) < 4.78 is 22.8. The molecule has 0 heterocycles. The third-order valence-corrected chi connectivity index (χ3v) is 16.3. The molecule has 0 fully saturated rings. The SMILES string of the molecule is CC/C=C\C/C=C\C/C=C\C/C=C\CCCCCCCCCCCCCCCCCCCCCCCCCCCCC(=O)OC(COC(=O)CCCCCCCCCCCCCCCCCCCCCC)COC(OCC[N+](C)(C)C)C(=O)[O-]. The maximum Gasteiger partial charge on any atom is 0.306 e. The highest BCUT2D eigenvalue weighted by Gasteiger charge is 2.22. The van der Waals surface area contributed by atoms with Crippen LogP contribution in [-0.2, 0) is 33.3 Å². The Hall–Kier alpha value is -2.75. The number of esters is 2. The molecular weight excluding hydrogens is 1040 g/mol. The van der Waals surface area contributed by atoms with Crippen LogP contribution in [0.1, 0.15) is 354 Å². The summed E-state index contributed by atoms with van der Waals surface area (Å²) in [6, 6.07) is 0. The number of hydrogen-bond donors (Lipinski definition) is 0. The van der Waals surface area contributed by atoms with Gasteiger partial charge in [-0.05, 0) is 51.4 Å². The highest BCUT2D eigenvalue weighted by Crippen LogP contribution is 2.19. The highest BCUT2D eigenvalue weighted by atomic mass is 16.7. The van der Waals surface area contributed by atoms with E-state index in [-0.39, 0.29) is 32.2 Å². The Balaban J connectivity index is 3.96. The molecule has 0 aliphatic carbocycles. The van der Waals surface area contributed by atoms with Gasteiger partial charge in [0.05, 0.1) is 40.3 Å². The van der Waals surface area contributed by atoms with Crippen molar-refractivity contribution in [2.45, 2.75) is 367 Å². The average molecular weight is 1180 g/mol. The minimum Gasteiger partial charge on any atom is -0.545 e. The van der Waals surface area contributed by atoms with Crippen LogP contribution in [0.2, 0.25) is 0 Å². The number of carboxylic acid groups (broad SMARTS) is 1. The van der Waals surface area contributed by atoms with E-state index in [9.17, 15) is 19.5 Å². The molecule has 9 nitrogen and oxygen atoms in total. The van der Waals surface area contributed by atoms with Crippen molar-refractivity contribution < 1.29 is 42.9 Å². The molecule has 0 aliphatic heterocycles. The molecule has 492 valence electrons. The zero-order chi connectivity index (χ0) is 61.2. The minimum absolute atomic E-state index is 0.151. The van der Waals surface area contributed by atoms with Gasteiger partial charge in [0.1, 0.15) is 13.2 Å². The molecule has 0 aromatic carbocycles. The van der Waals surface area contributed by atoms with Crippen LogP contribution in [0.25, 0.3) is 0 Å². The van der Waals surface area contributed by atoms with E-state index in [0.29, 0.717) is 17.4 Å². The van der Waals surface area contributed by atoms with Gasteiger partial charge in [-0.25, -0.2) is 0 Å². The Morgan fingerprint density at radius 1 is 0.369 bits per heavy atom. The number of carbonyl (C=O) groups excluding carboxylic acids is 3. The van der Waals surface area contributed by atoms with Gasteiger partial charge in [0.15, 0.2) is 12.4 Å². The fourth-order valence-corrected chi connectivity index (χ4v) is 10.8. The minimum atomic E-state index is -1.62. The van der Waals surface area contributed by atoms with Crippen molar-refractivity contribution in [3.05, 3.63) is 48.6 Å². The molecule has 0 radical (unpaired) electrons. The molecule has 0 rings (SSSR count). The van der Waals surface area contributed by atoms with Crippen molar-refractivity contribution in [3.8, 4) is 0 Å². The molecule has 0 N–H and O–H groups in total. The fraction of sp³-hybridized carbons (Fsp3) is 0.853. The number of nitrogens with zero attached hydrogens (tertiary/aromatic N) is 1. The van der Waals surface area contributed by atoms with Crippen molar-refractivity contribution in [2.24, 2.45) is 0 Å². The lowest BCUT2D eigenvalue weighted by atomic mass is 10.0. The van der Waals surface area contributed by atoms with Crippen molar-refractivity contribution in [1.29, 1.82) is 0 Å². The second-order valence-electron chi connectivity index (χ2n) is 25.9. The first-order valence-electron chi connectivity index (χ1n) is 36.3. The van der Waals surface area contributed by atoms with Crippen molar-refractivity contribution in [3.63, 3.8) is 0 Å². The van der Waals surface area contributed by atoms with Crippen molar-refractivity contribution in [2.75, 3.05) is 47.5 Å². The Bertz CT molecular complexity index is 1520. The van der Waals surface area contributed by atoms with E-state index in [4.69, 9.17) is 18.9 Å². The number of carboxylic acids is 1. The highest BCUT2D eigenvalue weighted by molar-refractivity contribution is 5.70. The largest absolute Gasteiger partial charge is 0.545 e. The topological polar surface area (TPSA) is 111 Å². The summed E-state index contributed by atoms with van der Waals surface area (Å²) in [6.45, 7) is 4.70. The number of ether oxygens (including phenoxy) is 4. The Morgan fingerprint density at radius 3 is 1.01 bits per heavy atom. The van der Waals surface area contributed by atoms with Gasteiger partial charge in [-0.15, -0.1) is 0 Å². The summed E-state index contributed by atoms with van der Waals surface area (Å²) in [6.07, 6.45) is 82.2. The van der Waals surface area contributed by atoms with Gasteiger partial charge >= 0.3 is 11.9 Å². The van der Waals surface area contributed by atoms with Gasteiger partial charge in [-0.2, -0.15) is 0 Å². The van der Waals surface area contributed by atoms with Gasteiger partial charge in [-0.1, -0.05) is 339 Å². The third kappa shape index (κ3) is 66.8. The average Bonchev–Trinajstić information content (AvgIpc) is 3.52. The Kier molecular flexibility index (Phi) is 64.0. The van der Waals surface area contributed by atoms with Crippen LogP contribution in [0.3, 0.4) is 0 Å². The molecule has 0 spiro atoms. The summed E-state index contributed by atoms with van der Waals surface area (Å²) in [5.74, 6) is -2.25. The second kappa shape index (κ2) is 66.2. The van der Waals surface area contributed by atoms with Crippen LogP contribution >= 0.6 is 0 Å². The summed E-state index contributed by atoms with van der Waals surface area (Å²) in [4.78, 5) is 37.5. The molecule has 0 aromatic rings. The molecule has 0 amide bonds. The van der Waals surface area contributed by atoms with Crippen LogP contribution in [0.4, 0.5) is 0 Å². The van der Waals surface area contributed by atoms with Crippen molar-refractivity contribution >= 4 is 17.9 Å². The van der Waals surface area contributed by atoms with Crippen LogP contribution < -0.4 is 5.11 Å². The predicted octanol–water partition coefficient (Wildman–Crippen LogP) is 21.2. The first-order valence-corrected chi connectivity index (χ1v) is 36.3. The molecule has 0 bridgehead atoms. The monoisotopic (exact) mass is 1180 g/mol. The number of aliphatic carboxylic acids is 1. The molecule has 84 heavy (non-hydrogen) atoms. The number of likely N-dealkylation sites (N-methyl/N-ethyl adjacent to an activating group) is 1. The number of carbonyl (C=O) groups is 3. The fourth-order valence-electron chi connectivity index (χ4n) is 10.8. The molecular formula is C75H139NO8. The van der Waals surface area contributed by atoms with Crippen LogP contribution in [0.15, 0.2) is 48.6 Å². The second-order valence-corrected chi connectivity index (χ2v) is 25.9. The van der Waals surface area contributed by atoms with Crippen LogP contribution in [-0.4, -0.2) is 82.3 Å². The standard InChI is InChI=1S/C75H139NO8/c1-6-8-10-12-14-16-18-20-22-24-26-28-29-30-31-32-33-34-35-36-37-38-39-40-41-42-43-44-45-46-48-50-52-54-56-58-60-62-64-66-73(78)84-71(70-83-75(74(79)80)81-68-67-76(3,4)5)69-82-72(77)65-63-61-59-57-55-53-51-49-47-27-25-23-21-19-17-15-13-11-9-7-2/h8,10,14,16,20,22,26,28,71,75H,6-7,9,11-13,15,17-19,21,23-25,27,29-70H2,1-5H3/b10-8-,16-14-,22-20-,28-26-.